The van der Waals surface area contributed by atoms with Crippen LogP contribution >= 0.6 is 0 Å². The van der Waals surface area contributed by atoms with Gasteiger partial charge in [0.25, 0.3) is 0 Å². The lowest BCUT2D eigenvalue weighted by Gasteiger charge is -2.36. The number of ether oxygens (including phenoxy) is 2. The number of esters is 1. The van der Waals surface area contributed by atoms with E-state index in [0.717, 1.165) is 40.8 Å². The number of fused-ring (bicyclic) bond motifs is 1. The number of carbonyl (C=O) groups excluding carboxylic acids is 1. The van der Waals surface area contributed by atoms with Gasteiger partial charge in [0, 0.05) is 5.39 Å². The van der Waals surface area contributed by atoms with Crippen LogP contribution in [-0.2, 0) is 22.6 Å². The molecule has 3 aromatic rings. The Kier molecular flexibility index (Phi) is 7.09. The van der Waals surface area contributed by atoms with E-state index in [2.05, 4.69) is 37.9 Å². The second kappa shape index (κ2) is 10.2. The van der Waals surface area contributed by atoms with Crippen molar-refractivity contribution in [1.82, 2.24) is 4.98 Å². The highest BCUT2D eigenvalue weighted by Gasteiger charge is 2.33. The van der Waals surface area contributed by atoms with Gasteiger partial charge in [0.2, 0.25) is 0 Å². The summed E-state index contributed by atoms with van der Waals surface area (Å²) in [7, 11) is 0. The first-order chi connectivity index (χ1) is 15.5. The predicted molar refractivity (Wildman–Crippen MR) is 127 cm³/mol. The monoisotopic (exact) mass is 431 g/mol. The molecule has 0 saturated heterocycles. The first-order valence-electron chi connectivity index (χ1n) is 11.7. The summed E-state index contributed by atoms with van der Waals surface area (Å²) in [5.41, 5.74) is 2.79. The number of aromatic nitrogens is 1. The Hall–Kier alpha value is -2.88. The Morgan fingerprint density at radius 1 is 1.03 bits per heavy atom. The molecule has 1 aromatic heterocycles. The predicted octanol–water partition coefficient (Wildman–Crippen LogP) is 6.36. The molecule has 1 aliphatic rings. The molecule has 1 aliphatic carbocycles. The zero-order valence-corrected chi connectivity index (χ0v) is 19.3. The van der Waals surface area contributed by atoms with Crippen molar-refractivity contribution < 1.29 is 14.3 Å². The minimum Gasteiger partial charge on any atom is -0.487 e. The summed E-state index contributed by atoms with van der Waals surface area (Å²) < 4.78 is 11.8. The Balaban J connectivity index is 1.30. The number of rotatable bonds is 7. The van der Waals surface area contributed by atoms with E-state index in [0.29, 0.717) is 30.8 Å². The molecule has 0 spiro atoms. The Bertz CT molecular complexity index is 1040. The Labute approximate surface area is 191 Å². The fourth-order valence-corrected chi connectivity index (χ4v) is 4.68. The van der Waals surface area contributed by atoms with Crippen LogP contribution in [0, 0.1) is 17.8 Å². The molecule has 2 aromatic carbocycles. The smallest absolute Gasteiger partial charge is 0.310 e. The fourth-order valence-electron chi connectivity index (χ4n) is 4.68. The third-order valence-electron chi connectivity index (χ3n) is 6.56. The molecule has 3 atom stereocenters. The van der Waals surface area contributed by atoms with Gasteiger partial charge in [0.05, 0.1) is 17.6 Å². The fraction of sp³-hybridized carbons (Fsp3) is 0.429. The SMILES string of the molecule is CC(C)[C@@H]1CC[C@@H](C)C[C@H]1OC(=O)Cc1ccc(OCc2ccc3ccccc3n2)cc1. The second-order valence-electron chi connectivity index (χ2n) is 9.46. The lowest BCUT2D eigenvalue weighted by atomic mass is 9.75. The second-order valence-corrected chi connectivity index (χ2v) is 9.46. The largest absolute Gasteiger partial charge is 0.487 e. The van der Waals surface area contributed by atoms with Gasteiger partial charge >= 0.3 is 5.97 Å². The van der Waals surface area contributed by atoms with E-state index < -0.39 is 0 Å². The maximum absolute atomic E-state index is 12.6. The van der Waals surface area contributed by atoms with Crippen molar-refractivity contribution in [2.75, 3.05) is 0 Å². The molecule has 0 aliphatic heterocycles. The summed E-state index contributed by atoms with van der Waals surface area (Å²) in [5, 5.41) is 1.12. The molecule has 168 valence electrons. The van der Waals surface area contributed by atoms with Crippen molar-refractivity contribution in [3.05, 3.63) is 71.9 Å². The molecule has 4 nitrogen and oxygen atoms in total. The van der Waals surface area contributed by atoms with Gasteiger partial charge in [-0.25, -0.2) is 4.98 Å². The van der Waals surface area contributed by atoms with Gasteiger partial charge in [-0.15, -0.1) is 0 Å². The molecule has 4 heteroatoms. The highest BCUT2D eigenvalue weighted by Crippen LogP contribution is 2.35. The normalized spacial score (nSPS) is 20.9. The van der Waals surface area contributed by atoms with Gasteiger partial charge in [-0.3, -0.25) is 4.79 Å². The molecule has 32 heavy (non-hydrogen) atoms. The summed E-state index contributed by atoms with van der Waals surface area (Å²) in [6.45, 7) is 7.12. The molecule has 1 heterocycles. The van der Waals surface area contributed by atoms with E-state index in [9.17, 15) is 4.79 Å². The number of hydrogen-bond donors (Lipinski definition) is 0. The average Bonchev–Trinajstić information content (AvgIpc) is 2.78. The van der Waals surface area contributed by atoms with E-state index in [1.165, 1.54) is 6.42 Å². The summed E-state index contributed by atoms with van der Waals surface area (Å²) >= 11 is 0. The van der Waals surface area contributed by atoms with E-state index in [-0.39, 0.29) is 12.1 Å². The van der Waals surface area contributed by atoms with Crippen LogP contribution in [0.15, 0.2) is 60.7 Å². The molecule has 1 fully saturated rings. The summed E-state index contributed by atoms with van der Waals surface area (Å²) in [5.74, 6) is 2.25. The number of hydrogen-bond acceptors (Lipinski definition) is 4. The lowest BCUT2D eigenvalue weighted by molar-refractivity contribution is -0.155. The van der Waals surface area contributed by atoms with E-state index in [1.807, 2.05) is 48.5 Å². The highest BCUT2D eigenvalue weighted by molar-refractivity contribution is 5.78. The van der Waals surface area contributed by atoms with Crippen LogP contribution in [0.5, 0.6) is 5.75 Å². The van der Waals surface area contributed by atoms with Crippen LogP contribution in [0.1, 0.15) is 51.3 Å². The van der Waals surface area contributed by atoms with Crippen molar-refractivity contribution in [1.29, 1.82) is 0 Å². The van der Waals surface area contributed by atoms with Crippen LogP contribution in [0.2, 0.25) is 0 Å². The minimum atomic E-state index is -0.135. The van der Waals surface area contributed by atoms with Crippen LogP contribution in [0.4, 0.5) is 0 Å². The van der Waals surface area contributed by atoms with E-state index in [1.54, 1.807) is 0 Å². The number of benzene rings is 2. The van der Waals surface area contributed by atoms with Gasteiger partial charge in [0.15, 0.2) is 0 Å². The first-order valence-corrected chi connectivity index (χ1v) is 11.7. The summed E-state index contributed by atoms with van der Waals surface area (Å²) in [6, 6.07) is 19.8. The van der Waals surface area contributed by atoms with Crippen molar-refractivity contribution >= 4 is 16.9 Å². The van der Waals surface area contributed by atoms with E-state index >= 15 is 0 Å². The third kappa shape index (κ3) is 5.67. The average molecular weight is 432 g/mol. The standard InChI is InChI=1S/C28H33NO3/c1-19(2)25-15-8-20(3)16-27(25)32-28(30)17-21-9-13-24(14-10-21)31-18-23-12-11-22-6-4-5-7-26(22)29-23/h4-7,9-14,19-20,25,27H,8,15-18H2,1-3H3/t20-,25+,27-/m1/s1. The van der Waals surface area contributed by atoms with Crippen molar-refractivity contribution in [2.45, 2.75) is 59.2 Å². The number of carbonyl (C=O) groups is 1. The molecule has 4 rings (SSSR count). The minimum absolute atomic E-state index is 0.0447. The molecule has 0 amide bonds. The van der Waals surface area contributed by atoms with Crippen LogP contribution in [0.25, 0.3) is 10.9 Å². The van der Waals surface area contributed by atoms with Gasteiger partial charge in [0.1, 0.15) is 18.5 Å². The maximum atomic E-state index is 12.6. The maximum Gasteiger partial charge on any atom is 0.310 e. The van der Waals surface area contributed by atoms with E-state index in [4.69, 9.17) is 9.47 Å². The molecular weight excluding hydrogens is 398 g/mol. The van der Waals surface area contributed by atoms with Crippen LogP contribution < -0.4 is 4.74 Å². The van der Waals surface area contributed by atoms with Crippen LogP contribution in [0.3, 0.4) is 0 Å². The quantitative estimate of drug-likeness (QED) is 0.408. The van der Waals surface area contributed by atoms with Gasteiger partial charge in [-0.05, 0) is 60.4 Å². The zero-order chi connectivity index (χ0) is 22.5. The molecule has 1 saturated carbocycles. The Morgan fingerprint density at radius 3 is 2.59 bits per heavy atom. The molecular formula is C28H33NO3. The highest BCUT2D eigenvalue weighted by atomic mass is 16.5. The van der Waals surface area contributed by atoms with Crippen molar-refractivity contribution in [2.24, 2.45) is 17.8 Å². The lowest BCUT2D eigenvalue weighted by Crippen LogP contribution is -2.36. The van der Waals surface area contributed by atoms with Gasteiger partial charge in [-0.1, -0.05) is 63.6 Å². The Morgan fingerprint density at radius 2 is 1.81 bits per heavy atom. The third-order valence-corrected chi connectivity index (χ3v) is 6.56. The molecule has 0 radical (unpaired) electrons. The zero-order valence-electron chi connectivity index (χ0n) is 19.3. The molecule has 0 bridgehead atoms. The van der Waals surface area contributed by atoms with Crippen molar-refractivity contribution in [3.63, 3.8) is 0 Å². The van der Waals surface area contributed by atoms with Crippen molar-refractivity contribution in [3.8, 4) is 5.75 Å². The topological polar surface area (TPSA) is 48.4 Å². The number of nitrogens with zero attached hydrogens (tertiary/aromatic N) is 1. The van der Waals surface area contributed by atoms with Gasteiger partial charge < -0.3 is 9.47 Å². The molecule has 0 unspecified atom stereocenters. The van der Waals surface area contributed by atoms with Gasteiger partial charge in [-0.2, -0.15) is 0 Å². The number of pyridine rings is 1. The summed E-state index contributed by atoms with van der Waals surface area (Å²) in [4.78, 5) is 17.2. The number of para-hydroxylation sites is 1. The molecule has 0 N–H and O–H groups in total. The summed E-state index contributed by atoms with van der Waals surface area (Å²) in [6.07, 6.45) is 3.69. The van der Waals surface area contributed by atoms with Crippen LogP contribution in [-0.4, -0.2) is 17.1 Å². The first kappa shape index (κ1) is 22.3.